The number of hydrogen-bond donors (Lipinski definition) is 2. The maximum Gasteiger partial charge on any atom is 0.322 e. The Labute approximate surface area is 178 Å². The number of nitrogens with one attached hydrogen (secondary N) is 2. The van der Waals surface area contributed by atoms with Gasteiger partial charge in [0.15, 0.2) is 0 Å². The number of carbonyl (C=O) groups is 2. The van der Waals surface area contributed by atoms with Crippen molar-refractivity contribution in [1.29, 1.82) is 0 Å². The first-order chi connectivity index (χ1) is 14.7. The summed E-state index contributed by atoms with van der Waals surface area (Å²) < 4.78 is 0. The van der Waals surface area contributed by atoms with E-state index in [2.05, 4.69) is 27.7 Å². The molecule has 2 aliphatic rings. The van der Waals surface area contributed by atoms with E-state index in [1.807, 2.05) is 12.1 Å². The second-order valence-electron chi connectivity index (χ2n) is 8.14. The molecule has 0 radical (unpaired) electrons. The van der Waals surface area contributed by atoms with Crippen molar-refractivity contribution < 1.29 is 9.59 Å². The smallest absolute Gasteiger partial charge is 0.322 e. The minimum absolute atomic E-state index is 0.0716. The van der Waals surface area contributed by atoms with Gasteiger partial charge in [-0.25, -0.2) is 4.79 Å². The molecule has 1 saturated heterocycles. The standard InChI is InChI=1S/C24H30N4O2/c29-23(25-13-16-27-14-5-1-2-6-15-27)19-9-11-22(12-10-19)26-24(30)28-17-20-7-3-4-8-21(20)18-28/h3-4,7-12H,1-2,5-6,13-18H2,(H,25,29)(H,26,30). The van der Waals surface area contributed by atoms with Gasteiger partial charge in [-0.1, -0.05) is 37.1 Å². The van der Waals surface area contributed by atoms with Crippen molar-refractivity contribution in [3.63, 3.8) is 0 Å². The van der Waals surface area contributed by atoms with Crippen molar-refractivity contribution in [3.8, 4) is 0 Å². The Bertz CT molecular complexity index is 848. The molecule has 0 unspecified atom stereocenters. The fourth-order valence-corrected chi connectivity index (χ4v) is 4.17. The second-order valence-corrected chi connectivity index (χ2v) is 8.14. The summed E-state index contributed by atoms with van der Waals surface area (Å²) in [7, 11) is 0. The van der Waals surface area contributed by atoms with Crippen LogP contribution in [-0.2, 0) is 13.1 Å². The lowest BCUT2D eigenvalue weighted by Gasteiger charge is -2.19. The van der Waals surface area contributed by atoms with Crippen LogP contribution in [0, 0.1) is 0 Å². The molecule has 4 rings (SSSR count). The Kier molecular flexibility index (Phi) is 6.64. The molecule has 0 saturated carbocycles. The summed E-state index contributed by atoms with van der Waals surface area (Å²) in [5.41, 5.74) is 3.69. The third-order valence-corrected chi connectivity index (χ3v) is 5.94. The highest BCUT2D eigenvalue weighted by molar-refractivity contribution is 5.95. The summed E-state index contributed by atoms with van der Waals surface area (Å²) in [6.45, 7) is 5.07. The van der Waals surface area contributed by atoms with Gasteiger partial charge in [0.05, 0.1) is 0 Å². The largest absolute Gasteiger partial charge is 0.351 e. The van der Waals surface area contributed by atoms with Gasteiger partial charge in [0, 0.05) is 37.4 Å². The van der Waals surface area contributed by atoms with E-state index >= 15 is 0 Å². The minimum atomic E-state index is -0.124. The number of amides is 3. The topological polar surface area (TPSA) is 64.7 Å². The number of hydrogen-bond acceptors (Lipinski definition) is 3. The average Bonchev–Trinajstić information content (AvgIpc) is 3.04. The molecule has 1 fully saturated rings. The van der Waals surface area contributed by atoms with Crippen LogP contribution in [0.25, 0.3) is 0 Å². The van der Waals surface area contributed by atoms with Gasteiger partial charge in [-0.15, -0.1) is 0 Å². The van der Waals surface area contributed by atoms with Crippen molar-refractivity contribution in [1.82, 2.24) is 15.1 Å². The fraction of sp³-hybridized carbons (Fsp3) is 0.417. The number of rotatable bonds is 5. The van der Waals surface area contributed by atoms with Crippen LogP contribution in [0.3, 0.4) is 0 Å². The van der Waals surface area contributed by atoms with E-state index in [4.69, 9.17) is 0 Å². The predicted octanol–water partition coefficient (Wildman–Crippen LogP) is 3.84. The van der Waals surface area contributed by atoms with E-state index < -0.39 is 0 Å². The molecule has 0 aromatic heterocycles. The number of fused-ring (bicyclic) bond motifs is 1. The molecule has 3 amide bonds. The molecule has 30 heavy (non-hydrogen) atoms. The van der Waals surface area contributed by atoms with E-state index in [1.165, 1.54) is 36.8 Å². The average molecular weight is 407 g/mol. The van der Waals surface area contributed by atoms with E-state index in [0.717, 1.165) is 19.6 Å². The lowest BCUT2D eigenvalue weighted by Crippen LogP contribution is -2.35. The molecule has 2 aromatic rings. The van der Waals surface area contributed by atoms with Crippen LogP contribution < -0.4 is 10.6 Å². The zero-order valence-corrected chi connectivity index (χ0v) is 17.4. The first kappa shape index (κ1) is 20.4. The number of nitrogens with zero attached hydrogens (tertiary/aromatic N) is 2. The molecular formula is C24H30N4O2. The van der Waals surface area contributed by atoms with Gasteiger partial charge in [-0.3, -0.25) is 4.79 Å². The van der Waals surface area contributed by atoms with Gasteiger partial charge in [0.2, 0.25) is 0 Å². The first-order valence-electron chi connectivity index (χ1n) is 10.9. The number of anilines is 1. The molecule has 0 aliphatic carbocycles. The van der Waals surface area contributed by atoms with Crippen molar-refractivity contribution in [2.45, 2.75) is 38.8 Å². The molecule has 2 heterocycles. The third kappa shape index (κ3) is 5.19. The van der Waals surface area contributed by atoms with E-state index in [0.29, 0.717) is 30.9 Å². The van der Waals surface area contributed by atoms with E-state index in [1.54, 1.807) is 29.2 Å². The monoisotopic (exact) mass is 406 g/mol. The highest BCUT2D eigenvalue weighted by atomic mass is 16.2. The Hall–Kier alpha value is -2.86. The number of urea groups is 1. The number of likely N-dealkylation sites (tertiary alicyclic amines) is 1. The van der Waals surface area contributed by atoms with Gasteiger partial charge in [0.25, 0.3) is 5.91 Å². The van der Waals surface area contributed by atoms with E-state index in [-0.39, 0.29) is 11.9 Å². The summed E-state index contributed by atoms with van der Waals surface area (Å²) in [6.07, 6.45) is 5.14. The van der Waals surface area contributed by atoms with Crippen LogP contribution in [0.15, 0.2) is 48.5 Å². The molecular weight excluding hydrogens is 376 g/mol. The maximum absolute atomic E-state index is 12.5. The molecule has 6 nitrogen and oxygen atoms in total. The Morgan fingerprint density at radius 1 is 0.833 bits per heavy atom. The van der Waals surface area contributed by atoms with E-state index in [9.17, 15) is 9.59 Å². The normalized spacial score (nSPS) is 16.6. The third-order valence-electron chi connectivity index (χ3n) is 5.94. The zero-order valence-electron chi connectivity index (χ0n) is 17.4. The van der Waals surface area contributed by atoms with Gasteiger partial charge >= 0.3 is 6.03 Å². The van der Waals surface area contributed by atoms with Gasteiger partial charge in [-0.2, -0.15) is 0 Å². The molecule has 0 bridgehead atoms. The molecule has 0 spiro atoms. The lowest BCUT2D eigenvalue weighted by molar-refractivity contribution is 0.0948. The molecule has 2 aliphatic heterocycles. The van der Waals surface area contributed by atoms with Crippen molar-refractivity contribution in [2.75, 3.05) is 31.5 Å². The Morgan fingerprint density at radius 2 is 1.47 bits per heavy atom. The summed E-state index contributed by atoms with van der Waals surface area (Å²) in [5, 5.41) is 5.93. The van der Waals surface area contributed by atoms with Gasteiger partial charge < -0.3 is 20.4 Å². The summed E-state index contributed by atoms with van der Waals surface area (Å²) in [4.78, 5) is 29.2. The highest BCUT2D eigenvalue weighted by Crippen LogP contribution is 2.23. The predicted molar refractivity (Wildman–Crippen MR) is 118 cm³/mol. The zero-order chi connectivity index (χ0) is 20.8. The maximum atomic E-state index is 12.5. The van der Waals surface area contributed by atoms with Crippen LogP contribution in [0.1, 0.15) is 47.2 Å². The molecule has 6 heteroatoms. The summed E-state index contributed by atoms with van der Waals surface area (Å²) in [6, 6.07) is 15.1. The van der Waals surface area contributed by atoms with Crippen LogP contribution in [0.5, 0.6) is 0 Å². The summed E-state index contributed by atoms with van der Waals surface area (Å²) >= 11 is 0. The van der Waals surface area contributed by atoms with Crippen LogP contribution in [-0.4, -0.2) is 47.9 Å². The van der Waals surface area contributed by atoms with Crippen molar-refractivity contribution in [2.24, 2.45) is 0 Å². The van der Waals surface area contributed by atoms with Crippen LogP contribution in [0.4, 0.5) is 10.5 Å². The highest BCUT2D eigenvalue weighted by Gasteiger charge is 2.22. The fourth-order valence-electron chi connectivity index (χ4n) is 4.17. The van der Waals surface area contributed by atoms with Crippen molar-refractivity contribution >= 4 is 17.6 Å². The minimum Gasteiger partial charge on any atom is -0.351 e. The second kappa shape index (κ2) is 9.76. The van der Waals surface area contributed by atoms with Crippen molar-refractivity contribution in [3.05, 3.63) is 65.2 Å². The van der Waals surface area contributed by atoms with Gasteiger partial charge in [-0.05, 0) is 61.3 Å². The molecule has 2 N–H and O–H groups in total. The first-order valence-corrected chi connectivity index (χ1v) is 10.9. The number of benzene rings is 2. The molecule has 2 aromatic carbocycles. The Balaban J connectivity index is 1.23. The van der Waals surface area contributed by atoms with Crippen LogP contribution >= 0.6 is 0 Å². The summed E-state index contributed by atoms with van der Waals surface area (Å²) in [5.74, 6) is -0.0716. The SMILES string of the molecule is O=C(NCCN1CCCCCC1)c1ccc(NC(=O)N2Cc3ccccc3C2)cc1. The lowest BCUT2D eigenvalue weighted by atomic mass is 10.1. The quantitative estimate of drug-likeness (QED) is 0.793. The molecule has 158 valence electrons. The number of carbonyl (C=O) groups excluding carboxylic acids is 2. The van der Waals surface area contributed by atoms with Gasteiger partial charge in [0.1, 0.15) is 0 Å². The molecule has 0 atom stereocenters. The Morgan fingerprint density at radius 3 is 2.10 bits per heavy atom. The van der Waals surface area contributed by atoms with Crippen LogP contribution in [0.2, 0.25) is 0 Å².